The summed E-state index contributed by atoms with van der Waals surface area (Å²) in [5.74, 6) is 0.713. The maximum absolute atomic E-state index is 13.9. The molecule has 1 aliphatic rings. The molecule has 1 aliphatic carbocycles. The monoisotopic (exact) mass is 549 g/mol. The third-order valence-electron chi connectivity index (χ3n) is 6.22. The molecule has 0 spiro atoms. The molecule has 0 atom stereocenters. The van der Waals surface area contributed by atoms with Crippen molar-refractivity contribution >= 4 is 33.0 Å². The number of halogens is 2. The van der Waals surface area contributed by atoms with Crippen molar-refractivity contribution in [3.05, 3.63) is 107 Å². The molecule has 0 radical (unpaired) electrons. The smallest absolute Gasteiger partial charge is 0.228 e. The van der Waals surface area contributed by atoms with Gasteiger partial charge in [0.15, 0.2) is 9.84 Å². The molecule has 1 saturated carbocycles. The average molecular weight is 550 g/mol. The topological polar surface area (TPSA) is 72.5 Å². The van der Waals surface area contributed by atoms with Gasteiger partial charge in [0.1, 0.15) is 17.3 Å². The van der Waals surface area contributed by atoms with Gasteiger partial charge in [-0.3, -0.25) is 4.79 Å². The van der Waals surface area contributed by atoms with Crippen LogP contribution in [0.15, 0.2) is 95.9 Å². The predicted octanol–water partition coefficient (Wildman–Crippen LogP) is 7.30. The number of nitrogens with one attached hydrogen (secondary N) is 1. The molecule has 38 heavy (non-hydrogen) atoms. The molecular weight excluding hydrogens is 525 g/mol. The molecule has 0 bridgehead atoms. The van der Waals surface area contributed by atoms with Gasteiger partial charge in [-0.2, -0.15) is 0 Å². The standard InChI is InChI=1S/C30H25ClFNO4S/c31-23-4-2-6-26(17-23)37-29-18-25(11-14-28(29)22-3-1-5-24(32)16-22)33-30(34)15-20-9-12-27(13-10-20)38(35,36)19-21-7-8-21/h1-6,9-14,16-18,21H,7-8,15,19H2,(H,33,34). The lowest BCUT2D eigenvalue weighted by atomic mass is 10.0. The number of hydrogen-bond donors (Lipinski definition) is 1. The van der Waals surface area contributed by atoms with Gasteiger partial charge in [0.25, 0.3) is 0 Å². The zero-order valence-electron chi connectivity index (χ0n) is 20.4. The lowest BCUT2D eigenvalue weighted by molar-refractivity contribution is -0.115. The Hall–Kier alpha value is -3.68. The van der Waals surface area contributed by atoms with E-state index in [1.54, 1.807) is 78.9 Å². The molecule has 194 valence electrons. The molecule has 0 heterocycles. The lowest BCUT2D eigenvalue weighted by Gasteiger charge is -2.14. The van der Waals surface area contributed by atoms with Crippen LogP contribution >= 0.6 is 11.6 Å². The first-order chi connectivity index (χ1) is 18.2. The normalized spacial score (nSPS) is 13.2. The average Bonchev–Trinajstić information content (AvgIpc) is 3.68. The molecule has 0 unspecified atom stereocenters. The second kappa shape index (κ2) is 11.0. The second-order valence-corrected chi connectivity index (χ2v) is 11.8. The SMILES string of the molecule is O=C(Cc1ccc(S(=O)(=O)CC2CC2)cc1)Nc1ccc(-c2cccc(F)c2)c(Oc2cccc(Cl)c2)c1. The van der Waals surface area contributed by atoms with E-state index >= 15 is 0 Å². The van der Waals surface area contributed by atoms with Crippen LogP contribution in [0.1, 0.15) is 18.4 Å². The van der Waals surface area contributed by atoms with E-state index in [1.807, 2.05) is 0 Å². The molecule has 1 N–H and O–H groups in total. The van der Waals surface area contributed by atoms with Gasteiger partial charge in [0.05, 0.1) is 17.1 Å². The van der Waals surface area contributed by atoms with Crippen LogP contribution in [0.25, 0.3) is 11.1 Å². The Morgan fingerprint density at radius 2 is 1.71 bits per heavy atom. The fraction of sp³-hybridized carbons (Fsp3) is 0.167. The number of benzene rings is 4. The van der Waals surface area contributed by atoms with Crippen molar-refractivity contribution in [2.24, 2.45) is 5.92 Å². The molecule has 5 nitrogen and oxygen atoms in total. The van der Waals surface area contributed by atoms with Gasteiger partial charge < -0.3 is 10.1 Å². The molecule has 4 aromatic carbocycles. The van der Waals surface area contributed by atoms with E-state index in [1.165, 1.54) is 12.1 Å². The zero-order valence-corrected chi connectivity index (χ0v) is 21.9. The van der Waals surface area contributed by atoms with Crippen molar-refractivity contribution in [1.82, 2.24) is 0 Å². The predicted molar refractivity (Wildman–Crippen MR) is 147 cm³/mol. The van der Waals surface area contributed by atoms with E-state index in [0.29, 0.717) is 38.9 Å². The van der Waals surface area contributed by atoms with Crippen molar-refractivity contribution < 1.29 is 22.3 Å². The highest BCUT2D eigenvalue weighted by Gasteiger charge is 2.29. The van der Waals surface area contributed by atoms with Crippen molar-refractivity contribution in [2.45, 2.75) is 24.2 Å². The molecular formula is C30H25ClFNO4S. The van der Waals surface area contributed by atoms with Crippen LogP contribution < -0.4 is 10.1 Å². The molecule has 1 amide bonds. The van der Waals surface area contributed by atoms with Crippen LogP contribution in [0, 0.1) is 11.7 Å². The molecule has 4 aromatic rings. The van der Waals surface area contributed by atoms with E-state index in [4.69, 9.17) is 16.3 Å². The van der Waals surface area contributed by atoms with Crippen molar-refractivity contribution in [3.63, 3.8) is 0 Å². The number of sulfone groups is 1. The van der Waals surface area contributed by atoms with Crippen LogP contribution in [0.5, 0.6) is 11.5 Å². The Bertz CT molecular complexity index is 1580. The van der Waals surface area contributed by atoms with Crippen LogP contribution in [0.4, 0.5) is 10.1 Å². The van der Waals surface area contributed by atoms with E-state index in [-0.39, 0.29) is 34.7 Å². The first kappa shape index (κ1) is 25.9. The van der Waals surface area contributed by atoms with Gasteiger partial charge in [-0.15, -0.1) is 0 Å². The maximum Gasteiger partial charge on any atom is 0.228 e. The van der Waals surface area contributed by atoms with Gasteiger partial charge >= 0.3 is 0 Å². The van der Waals surface area contributed by atoms with E-state index in [2.05, 4.69) is 5.32 Å². The Labute approximate surface area is 226 Å². The van der Waals surface area contributed by atoms with Gasteiger partial charge in [-0.25, -0.2) is 12.8 Å². The van der Waals surface area contributed by atoms with E-state index < -0.39 is 9.84 Å². The van der Waals surface area contributed by atoms with Crippen LogP contribution in [-0.2, 0) is 21.1 Å². The first-order valence-electron chi connectivity index (χ1n) is 12.2. The van der Waals surface area contributed by atoms with E-state index in [0.717, 1.165) is 12.8 Å². The third-order valence-corrected chi connectivity index (χ3v) is 8.36. The number of carbonyl (C=O) groups excluding carboxylic acids is 1. The highest BCUT2D eigenvalue weighted by molar-refractivity contribution is 7.91. The molecule has 5 rings (SSSR count). The molecule has 1 fully saturated rings. The van der Waals surface area contributed by atoms with Crippen molar-refractivity contribution in [2.75, 3.05) is 11.1 Å². The Morgan fingerprint density at radius 3 is 2.42 bits per heavy atom. The highest BCUT2D eigenvalue weighted by atomic mass is 35.5. The third kappa shape index (κ3) is 6.60. The fourth-order valence-electron chi connectivity index (χ4n) is 4.13. The molecule has 0 aromatic heterocycles. The number of ether oxygens (including phenoxy) is 1. The summed E-state index contributed by atoms with van der Waals surface area (Å²) in [4.78, 5) is 13.1. The maximum atomic E-state index is 13.9. The molecule has 0 aliphatic heterocycles. The van der Waals surface area contributed by atoms with Crippen LogP contribution in [0.2, 0.25) is 5.02 Å². The largest absolute Gasteiger partial charge is 0.457 e. The Balaban J connectivity index is 1.33. The summed E-state index contributed by atoms with van der Waals surface area (Å²) >= 11 is 6.11. The van der Waals surface area contributed by atoms with Gasteiger partial charge in [0.2, 0.25) is 5.91 Å². The molecule has 0 saturated heterocycles. The highest BCUT2D eigenvalue weighted by Crippen LogP contribution is 2.37. The number of hydrogen-bond acceptors (Lipinski definition) is 4. The number of amides is 1. The minimum Gasteiger partial charge on any atom is -0.457 e. The summed E-state index contributed by atoms with van der Waals surface area (Å²) in [7, 11) is -3.30. The van der Waals surface area contributed by atoms with Crippen LogP contribution in [-0.4, -0.2) is 20.1 Å². The lowest BCUT2D eigenvalue weighted by Crippen LogP contribution is -2.14. The Kier molecular flexibility index (Phi) is 7.49. The summed E-state index contributed by atoms with van der Waals surface area (Å²) in [6, 6.07) is 24.7. The summed E-state index contributed by atoms with van der Waals surface area (Å²) in [6.45, 7) is 0. The van der Waals surface area contributed by atoms with Crippen molar-refractivity contribution in [3.8, 4) is 22.6 Å². The summed E-state index contributed by atoms with van der Waals surface area (Å²) in [6.07, 6.45) is 2.00. The first-order valence-corrected chi connectivity index (χ1v) is 14.2. The molecule has 8 heteroatoms. The van der Waals surface area contributed by atoms with Crippen molar-refractivity contribution in [1.29, 1.82) is 0 Å². The fourth-order valence-corrected chi connectivity index (χ4v) is 6.01. The minimum atomic E-state index is -3.30. The zero-order chi connectivity index (χ0) is 26.7. The summed E-state index contributed by atoms with van der Waals surface area (Å²) < 4.78 is 44.9. The van der Waals surface area contributed by atoms with Gasteiger partial charge in [-0.1, -0.05) is 41.9 Å². The van der Waals surface area contributed by atoms with E-state index in [9.17, 15) is 17.6 Å². The number of rotatable bonds is 9. The Morgan fingerprint density at radius 1 is 0.947 bits per heavy atom. The van der Waals surface area contributed by atoms with Crippen LogP contribution in [0.3, 0.4) is 0 Å². The second-order valence-electron chi connectivity index (χ2n) is 9.37. The van der Waals surface area contributed by atoms with Gasteiger partial charge in [-0.05, 0) is 84.5 Å². The summed E-state index contributed by atoms with van der Waals surface area (Å²) in [5.41, 5.74) is 2.46. The minimum absolute atomic E-state index is 0.0685. The van der Waals surface area contributed by atoms with Gasteiger partial charge in [0, 0.05) is 22.3 Å². The number of carbonyl (C=O) groups is 1. The quantitative estimate of drug-likeness (QED) is 0.238. The summed E-state index contributed by atoms with van der Waals surface area (Å²) in [5, 5.41) is 3.37. The number of anilines is 1.